The number of carbonyl (C=O) groups excluding carboxylic acids is 1. The van der Waals surface area contributed by atoms with Crippen LogP contribution in [-0.2, 0) is 4.79 Å². The Morgan fingerprint density at radius 1 is 1.42 bits per heavy atom. The van der Waals surface area contributed by atoms with Gasteiger partial charge in [0.2, 0.25) is 5.91 Å². The Labute approximate surface area is 108 Å². The maximum atomic E-state index is 13.4. The summed E-state index contributed by atoms with van der Waals surface area (Å²) < 4.78 is 26.4. The monoisotopic (exact) mass is 269 g/mol. The van der Waals surface area contributed by atoms with Crippen LogP contribution < -0.4 is 11.1 Å². The molecule has 0 aromatic heterocycles. The molecule has 1 fully saturated rings. The minimum Gasteiger partial charge on any atom is -0.409 e. The molecule has 0 spiro atoms. The lowest BCUT2D eigenvalue weighted by atomic mass is 9.67. The Kier molecular flexibility index (Phi) is 3.37. The van der Waals surface area contributed by atoms with Gasteiger partial charge >= 0.3 is 0 Å². The maximum absolute atomic E-state index is 13.4. The normalized spacial score (nSPS) is 17.7. The number of hydrogen-bond donors (Lipinski definition) is 3. The van der Waals surface area contributed by atoms with Crippen molar-refractivity contribution in [3.63, 3.8) is 0 Å². The SMILES string of the molecule is N/C(=N/O)C1(C(=O)Nc2cc(F)ccc2F)CCC1. The third-order valence-electron chi connectivity index (χ3n) is 3.42. The molecule has 0 bridgehead atoms. The van der Waals surface area contributed by atoms with Crippen molar-refractivity contribution in [2.45, 2.75) is 19.3 Å². The number of amides is 1. The van der Waals surface area contributed by atoms with Gasteiger partial charge in [-0.1, -0.05) is 11.6 Å². The molecular weight excluding hydrogens is 256 g/mol. The van der Waals surface area contributed by atoms with E-state index < -0.39 is 23.0 Å². The van der Waals surface area contributed by atoms with Crippen LogP contribution >= 0.6 is 0 Å². The Morgan fingerprint density at radius 3 is 2.63 bits per heavy atom. The minimum absolute atomic E-state index is 0.215. The highest BCUT2D eigenvalue weighted by Gasteiger charge is 2.48. The summed E-state index contributed by atoms with van der Waals surface area (Å²) >= 11 is 0. The third kappa shape index (κ3) is 2.23. The molecule has 19 heavy (non-hydrogen) atoms. The summed E-state index contributed by atoms with van der Waals surface area (Å²) in [7, 11) is 0. The van der Waals surface area contributed by atoms with Gasteiger partial charge in [0.15, 0.2) is 5.84 Å². The average molecular weight is 269 g/mol. The lowest BCUT2D eigenvalue weighted by Crippen LogP contribution is -2.51. The fourth-order valence-electron chi connectivity index (χ4n) is 2.06. The number of carbonyl (C=O) groups is 1. The molecule has 1 aliphatic carbocycles. The first-order valence-electron chi connectivity index (χ1n) is 5.74. The van der Waals surface area contributed by atoms with Gasteiger partial charge in [-0.3, -0.25) is 4.79 Å². The van der Waals surface area contributed by atoms with E-state index in [1.54, 1.807) is 0 Å². The number of nitrogens with zero attached hydrogens (tertiary/aromatic N) is 1. The Morgan fingerprint density at radius 2 is 2.11 bits per heavy atom. The quantitative estimate of drug-likeness (QED) is 0.338. The van der Waals surface area contributed by atoms with E-state index in [1.807, 2.05) is 0 Å². The summed E-state index contributed by atoms with van der Waals surface area (Å²) in [6.07, 6.45) is 1.56. The zero-order chi connectivity index (χ0) is 14.0. The summed E-state index contributed by atoms with van der Waals surface area (Å²) in [6.45, 7) is 0. The summed E-state index contributed by atoms with van der Waals surface area (Å²) in [5.74, 6) is -2.22. The van der Waals surface area contributed by atoms with Gasteiger partial charge in [-0.15, -0.1) is 0 Å². The van der Waals surface area contributed by atoms with Crippen molar-refractivity contribution in [2.75, 3.05) is 5.32 Å². The molecular formula is C12H13F2N3O2. The van der Waals surface area contributed by atoms with Crippen LogP contribution in [0.15, 0.2) is 23.4 Å². The smallest absolute Gasteiger partial charge is 0.238 e. The summed E-state index contributed by atoms with van der Waals surface area (Å²) in [6, 6.07) is 2.75. The van der Waals surface area contributed by atoms with Crippen molar-refractivity contribution in [1.82, 2.24) is 0 Å². The van der Waals surface area contributed by atoms with Gasteiger partial charge in [0.05, 0.1) is 5.69 Å². The number of nitrogens with two attached hydrogens (primary N) is 1. The second-order valence-electron chi connectivity index (χ2n) is 4.50. The highest BCUT2D eigenvalue weighted by molar-refractivity contribution is 6.12. The van der Waals surface area contributed by atoms with E-state index in [2.05, 4.69) is 10.5 Å². The molecule has 0 unspecified atom stereocenters. The molecule has 102 valence electrons. The van der Waals surface area contributed by atoms with Gasteiger partial charge in [-0.2, -0.15) is 0 Å². The van der Waals surface area contributed by atoms with Crippen LogP contribution in [0.1, 0.15) is 19.3 Å². The van der Waals surface area contributed by atoms with Crippen LogP contribution in [0.25, 0.3) is 0 Å². The van der Waals surface area contributed by atoms with E-state index >= 15 is 0 Å². The third-order valence-corrected chi connectivity index (χ3v) is 3.42. The molecule has 4 N–H and O–H groups in total. The number of hydrogen-bond acceptors (Lipinski definition) is 3. The minimum atomic E-state index is -1.13. The molecule has 1 aliphatic rings. The van der Waals surface area contributed by atoms with Gasteiger partial charge in [-0.05, 0) is 25.0 Å². The number of anilines is 1. The van der Waals surface area contributed by atoms with E-state index in [0.29, 0.717) is 12.8 Å². The van der Waals surface area contributed by atoms with Gasteiger partial charge < -0.3 is 16.3 Å². The molecule has 0 heterocycles. The lowest BCUT2D eigenvalue weighted by molar-refractivity contribution is -0.125. The van der Waals surface area contributed by atoms with Gasteiger partial charge in [0.1, 0.15) is 17.0 Å². The first-order valence-corrected chi connectivity index (χ1v) is 5.74. The second kappa shape index (κ2) is 4.83. The van der Waals surface area contributed by atoms with Crippen LogP contribution in [0.5, 0.6) is 0 Å². The molecule has 0 atom stereocenters. The number of amidine groups is 1. The fourth-order valence-corrected chi connectivity index (χ4v) is 2.06. The van der Waals surface area contributed by atoms with Crippen LogP contribution in [-0.4, -0.2) is 17.0 Å². The molecule has 0 aliphatic heterocycles. The van der Waals surface area contributed by atoms with Gasteiger partial charge in [0.25, 0.3) is 0 Å². The molecule has 1 aromatic rings. The van der Waals surface area contributed by atoms with Crippen molar-refractivity contribution in [1.29, 1.82) is 0 Å². The summed E-state index contributed by atoms with van der Waals surface area (Å²) in [4.78, 5) is 12.1. The fraction of sp³-hybridized carbons (Fsp3) is 0.333. The van der Waals surface area contributed by atoms with Gasteiger partial charge in [0, 0.05) is 6.07 Å². The topological polar surface area (TPSA) is 87.7 Å². The predicted octanol–water partition coefficient (Wildman–Crippen LogP) is 1.82. The van der Waals surface area contributed by atoms with Crippen LogP contribution in [0.2, 0.25) is 0 Å². The van der Waals surface area contributed by atoms with Crippen LogP contribution in [0.3, 0.4) is 0 Å². The Hall–Kier alpha value is -2.18. The molecule has 2 rings (SSSR count). The van der Waals surface area contributed by atoms with Crippen LogP contribution in [0, 0.1) is 17.0 Å². The summed E-state index contributed by atoms with van der Waals surface area (Å²) in [5.41, 5.74) is 4.11. The lowest BCUT2D eigenvalue weighted by Gasteiger charge is -2.38. The first-order chi connectivity index (χ1) is 8.99. The molecule has 1 saturated carbocycles. The number of rotatable bonds is 3. The summed E-state index contributed by atoms with van der Waals surface area (Å²) in [5, 5.41) is 13.8. The van der Waals surface area contributed by atoms with E-state index in [1.165, 1.54) is 0 Å². The molecule has 5 nitrogen and oxygen atoms in total. The molecule has 1 aromatic carbocycles. The van der Waals surface area contributed by atoms with Crippen LogP contribution in [0.4, 0.5) is 14.5 Å². The van der Waals surface area contributed by atoms with E-state index in [0.717, 1.165) is 24.6 Å². The standard InChI is InChI=1S/C12H13F2N3O2/c13-7-2-3-8(14)9(6-7)16-11(18)12(4-1-5-12)10(15)17-19/h2-3,6,19H,1,4-5H2,(H2,15,17)(H,16,18). The zero-order valence-corrected chi connectivity index (χ0v) is 9.99. The molecule has 7 heteroatoms. The molecule has 0 saturated heterocycles. The van der Waals surface area contributed by atoms with Crippen molar-refractivity contribution in [2.24, 2.45) is 16.3 Å². The number of halogens is 2. The Bertz CT molecular complexity index is 542. The largest absolute Gasteiger partial charge is 0.409 e. The predicted molar refractivity (Wildman–Crippen MR) is 64.7 cm³/mol. The van der Waals surface area contributed by atoms with E-state index in [9.17, 15) is 13.6 Å². The number of oxime groups is 1. The van der Waals surface area contributed by atoms with E-state index in [-0.39, 0.29) is 11.5 Å². The number of nitrogens with one attached hydrogen (secondary N) is 1. The van der Waals surface area contributed by atoms with E-state index in [4.69, 9.17) is 10.9 Å². The average Bonchev–Trinajstić information content (AvgIpc) is 2.32. The van der Waals surface area contributed by atoms with Gasteiger partial charge in [-0.25, -0.2) is 8.78 Å². The zero-order valence-electron chi connectivity index (χ0n) is 9.99. The van der Waals surface area contributed by atoms with Crippen molar-refractivity contribution in [3.8, 4) is 0 Å². The second-order valence-corrected chi connectivity index (χ2v) is 4.50. The van der Waals surface area contributed by atoms with Crippen molar-refractivity contribution in [3.05, 3.63) is 29.8 Å². The van der Waals surface area contributed by atoms with Crippen molar-refractivity contribution >= 4 is 17.4 Å². The number of benzene rings is 1. The Balaban J connectivity index is 2.23. The molecule has 1 amide bonds. The highest BCUT2D eigenvalue weighted by atomic mass is 19.1. The maximum Gasteiger partial charge on any atom is 0.238 e. The first kappa shape index (κ1) is 13.3. The highest BCUT2D eigenvalue weighted by Crippen LogP contribution is 2.42. The van der Waals surface area contributed by atoms with Crippen molar-refractivity contribution < 1.29 is 18.8 Å². The molecule has 0 radical (unpaired) electrons.